The van der Waals surface area contributed by atoms with Crippen LogP contribution in [0.25, 0.3) is 0 Å². The van der Waals surface area contributed by atoms with Gasteiger partial charge in [0.05, 0.1) is 24.6 Å². The van der Waals surface area contributed by atoms with E-state index in [0.717, 1.165) is 11.3 Å². The molecule has 0 aliphatic rings. The number of carbonyl (C=O) groups is 1. The quantitative estimate of drug-likeness (QED) is 0.461. The average Bonchev–Trinajstić information content (AvgIpc) is 2.56. The van der Waals surface area contributed by atoms with Gasteiger partial charge < -0.3 is 10.1 Å². The van der Waals surface area contributed by atoms with Gasteiger partial charge in [0, 0.05) is 17.8 Å². The van der Waals surface area contributed by atoms with E-state index >= 15 is 0 Å². The summed E-state index contributed by atoms with van der Waals surface area (Å²) in [6.07, 6.45) is 0.938. The Balaban J connectivity index is 1.62. The highest BCUT2D eigenvalue weighted by Gasteiger charge is 2.04. The summed E-state index contributed by atoms with van der Waals surface area (Å²) in [5.41, 5.74) is 1.81. The fourth-order valence-electron chi connectivity index (χ4n) is 1.99. The van der Waals surface area contributed by atoms with E-state index < -0.39 is 4.92 Å². The molecule has 2 rings (SSSR count). The molecule has 23 heavy (non-hydrogen) atoms. The van der Waals surface area contributed by atoms with Crippen LogP contribution in [0.4, 0.5) is 11.4 Å². The number of hydrogen-bond acceptors (Lipinski definition) is 4. The van der Waals surface area contributed by atoms with Gasteiger partial charge in [-0.25, -0.2) is 0 Å². The number of rotatable bonds is 8. The van der Waals surface area contributed by atoms with Gasteiger partial charge >= 0.3 is 0 Å². The Labute approximate surface area is 134 Å². The first kappa shape index (κ1) is 16.6. The van der Waals surface area contributed by atoms with Crippen LogP contribution < -0.4 is 5.32 Å². The van der Waals surface area contributed by atoms with Gasteiger partial charge in [0.1, 0.15) is 0 Å². The summed E-state index contributed by atoms with van der Waals surface area (Å²) >= 11 is 0. The number of nitro benzene ring substituents is 1. The first-order valence-corrected chi connectivity index (χ1v) is 7.31. The van der Waals surface area contributed by atoms with Crippen molar-refractivity contribution in [2.45, 2.75) is 12.8 Å². The summed E-state index contributed by atoms with van der Waals surface area (Å²) in [6, 6.07) is 15.6. The zero-order valence-electron chi connectivity index (χ0n) is 12.6. The van der Waals surface area contributed by atoms with Crippen LogP contribution in [0, 0.1) is 10.1 Å². The standard InChI is InChI=1S/C17H18N2O4/c20-17(18-15-4-2-1-3-5-15)11-13-23-12-10-14-6-8-16(9-7-14)19(21)22/h1-9H,10-13H2,(H,18,20). The number of ether oxygens (including phenoxy) is 1. The van der Waals surface area contributed by atoms with Crippen molar-refractivity contribution in [2.75, 3.05) is 18.5 Å². The molecule has 0 bridgehead atoms. The predicted octanol–water partition coefficient (Wildman–Crippen LogP) is 3.18. The molecule has 2 aromatic rings. The van der Waals surface area contributed by atoms with Crippen LogP contribution >= 0.6 is 0 Å². The summed E-state index contributed by atoms with van der Waals surface area (Å²) in [6.45, 7) is 0.808. The third kappa shape index (κ3) is 5.88. The lowest BCUT2D eigenvalue weighted by atomic mass is 10.1. The molecule has 0 fully saturated rings. The number of nitrogens with zero attached hydrogens (tertiary/aromatic N) is 1. The first-order chi connectivity index (χ1) is 11.1. The fraction of sp³-hybridized carbons (Fsp3) is 0.235. The van der Waals surface area contributed by atoms with Gasteiger partial charge in [-0.05, 0) is 24.1 Å². The van der Waals surface area contributed by atoms with Gasteiger partial charge in [-0.1, -0.05) is 30.3 Å². The summed E-state index contributed by atoms with van der Waals surface area (Å²) in [4.78, 5) is 21.8. The lowest BCUT2D eigenvalue weighted by Crippen LogP contribution is -2.14. The molecule has 0 saturated carbocycles. The molecule has 0 saturated heterocycles. The Morgan fingerprint density at radius 2 is 1.74 bits per heavy atom. The Morgan fingerprint density at radius 3 is 2.39 bits per heavy atom. The number of non-ortho nitro benzene ring substituents is 1. The second-order valence-corrected chi connectivity index (χ2v) is 4.95. The molecule has 0 spiro atoms. The number of benzene rings is 2. The number of nitrogens with one attached hydrogen (secondary N) is 1. The van der Waals surface area contributed by atoms with Gasteiger partial charge in [-0.2, -0.15) is 0 Å². The van der Waals surface area contributed by atoms with Crippen LogP contribution in [0.2, 0.25) is 0 Å². The van der Waals surface area contributed by atoms with Crippen molar-refractivity contribution in [3.63, 3.8) is 0 Å². The maximum atomic E-state index is 11.7. The van der Waals surface area contributed by atoms with E-state index in [1.807, 2.05) is 30.3 Å². The lowest BCUT2D eigenvalue weighted by Gasteiger charge is -2.06. The van der Waals surface area contributed by atoms with Gasteiger partial charge in [-0.15, -0.1) is 0 Å². The molecule has 1 amide bonds. The Hall–Kier alpha value is -2.73. The van der Waals surface area contributed by atoms with Crippen molar-refractivity contribution in [1.29, 1.82) is 0 Å². The van der Waals surface area contributed by atoms with Crippen molar-refractivity contribution in [2.24, 2.45) is 0 Å². The van der Waals surface area contributed by atoms with Crippen molar-refractivity contribution >= 4 is 17.3 Å². The molecule has 0 unspecified atom stereocenters. The van der Waals surface area contributed by atoms with E-state index in [4.69, 9.17) is 4.74 Å². The summed E-state index contributed by atoms with van der Waals surface area (Å²) in [5.74, 6) is -0.0912. The molecule has 120 valence electrons. The molecule has 2 aromatic carbocycles. The largest absolute Gasteiger partial charge is 0.381 e. The highest BCUT2D eigenvalue weighted by atomic mass is 16.6. The zero-order chi connectivity index (χ0) is 16.5. The molecule has 0 radical (unpaired) electrons. The average molecular weight is 314 g/mol. The van der Waals surface area contributed by atoms with Crippen LogP contribution in [-0.4, -0.2) is 24.0 Å². The molecule has 6 heteroatoms. The number of hydrogen-bond donors (Lipinski definition) is 1. The highest BCUT2D eigenvalue weighted by Crippen LogP contribution is 2.12. The predicted molar refractivity (Wildman–Crippen MR) is 87.3 cm³/mol. The minimum absolute atomic E-state index is 0.0762. The number of anilines is 1. The summed E-state index contributed by atoms with van der Waals surface area (Å²) in [7, 11) is 0. The molecule has 0 aliphatic carbocycles. The van der Waals surface area contributed by atoms with Crippen LogP contribution in [0.5, 0.6) is 0 Å². The third-order valence-electron chi connectivity index (χ3n) is 3.21. The van der Waals surface area contributed by atoms with Gasteiger partial charge in [-0.3, -0.25) is 14.9 Å². The van der Waals surface area contributed by atoms with Crippen LogP contribution in [-0.2, 0) is 16.0 Å². The highest BCUT2D eigenvalue weighted by molar-refractivity contribution is 5.90. The van der Waals surface area contributed by atoms with Crippen molar-refractivity contribution in [1.82, 2.24) is 0 Å². The minimum Gasteiger partial charge on any atom is -0.381 e. The Bertz CT molecular complexity index is 641. The Morgan fingerprint density at radius 1 is 1.04 bits per heavy atom. The van der Waals surface area contributed by atoms with Gasteiger partial charge in [0.2, 0.25) is 5.91 Å². The van der Waals surface area contributed by atoms with Gasteiger partial charge in [0.15, 0.2) is 0 Å². The molecule has 0 atom stereocenters. The van der Waals surface area contributed by atoms with Crippen LogP contribution in [0.1, 0.15) is 12.0 Å². The molecule has 1 N–H and O–H groups in total. The van der Waals surface area contributed by atoms with E-state index in [1.165, 1.54) is 12.1 Å². The molecule has 0 aromatic heterocycles. The molecule has 6 nitrogen and oxygen atoms in total. The van der Waals surface area contributed by atoms with Crippen LogP contribution in [0.3, 0.4) is 0 Å². The van der Waals surface area contributed by atoms with E-state index in [2.05, 4.69) is 5.32 Å². The summed E-state index contributed by atoms with van der Waals surface area (Å²) < 4.78 is 5.43. The lowest BCUT2D eigenvalue weighted by molar-refractivity contribution is -0.384. The van der Waals surface area contributed by atoms with Crippen molar-refractivity contribution < 1.29 is 14.5 Å². The molecular formula is C17H18N2O4. The fourth-order valence-corrected chi connectivity index (χ4v) is 1.99. The monoisotopic (exact) mass is 314 g/mol. The number of carbonyl (C=O) groups excluding carboxylic acids is 1. The molecule has 0 heterocycles. The maximum absolute atomic E-state index is 11.7. The van der Waals surface area contributed by atoms with E-state index in [1.54, 1.807) is 12.1 Å². The van der Waals surface area contributed by atoms with Gasteiger partial charge in [0.25, 0.3) is 5.69 Å². The normalized spacial score (nSPS) is 10.3. The topological polar surface area (TPSA) is 81.5 Å². The zero-order valence-corrected chi connectivity index (χ0v) is 12.6. The SMILES string of the molecule is O=C(CCOCCc1ccc([N+](=O)[O-])cc1)Nc1ccccc1. The smallest absolute Gasteiger partial charge is 0.269 e. The molecule has 0 aliphatic heterocycles. The molecular weight excluding hydrogens is 296 g/mol. The van der Waals surface area contributed by atoms with E-state index in [0.29, 0.717) is 19.6 Å². The Kier molecular flexibility index (Phi) is 6.26. The van der Waals surface area contributed by atoms with Crippen LogP contribution in [0.15, 0.2) is 54.6 Å². The summed E-state index contributed by atoms with van der Waals surface area (Å²) in [5, 5.41) is 13.3. The number of amides is 1. The first-order valence-electron chi connectivity index (χ1n) is 7.31. The maximum Gasteiger partial charge on any atom is 0.269 e. The van der Waals surface area contributed by atoms with E-state index in [-0.39, 0.29) is 18.0 Å². The van der Waals surface area contributed by atoms with Crippen molar-refractivity contribution in [3.8, 4) is 0 Å². The number of para-hydroxylation sites is 1. The minimum atomic E-state index is -0.425. The van der Waals surface area contributed by atoms with E-state index in [9.17, 15) is 14.9 Å². The second-order valence-electron chi connectivity index (χ2n) is 4.95. The number of nitro groups is 1. The second kappa shape index (κ2) is 8.65. The van der Waals surface area contributed by atoms with Crippen molar-refractivity contribution in [3.05, 3.63) is 70.3 Å². The third-order valence-corrected chi connectivity index (χ3v) is 3.21.